The standard InChI is InChI=1S/C27H26N2O/c30-27-21-8-2-1-7-20(21)18-29(27)17-19-15-28(16-19)14-13-26-24-11-5-3-9-22(24)23-10-4-6-12-25(23)26/h1-12,19,26H,13-18H2. The zero-order chi connectivity index (χ0) is 20.1. The average molecular weight is 395 g/mol. The SMILES string of the molecule is O=C1c2ccccc2CN1CC1CN(CCC2c3ccccc3-c3ccccc32)C1. The number of hydrogen-bond donors (Lipinski definition) is 0. The molecule has 0 radical (unpaired) electrons. The van der Waals surface area contributed by atoms with E-state index in [0.717, 1.165) is 44.7 Å². The second-order valence-corrected chi connectivity index (χ2v) is 8.98. The van der Waals surface area contributed by atoms with Gasteiger partial charge in [0.25, 0.3) is 5.91 Å². The van der Waals surface area contributed by atoms with Crippen molar-refractivity contribution < 1.29 is 4.79 Å². The Hall–Kier alpha value is -2.91. The van der Waals surface area contributed by atoms with Gasteiger partial charge in [-0.25, -0.2) is 0 Å². The predicted octanol–water partition coefficient (Wildman–Crippen LogP) is 4.78. The molecule has 0 atom stereocenters. The van der Waals surface area contributed by atoms with E-state index >= 15 is 0 Å². The lowest BCUT2D eigenvalue weighted by molar-refractivity contribution is 0.0516. The summed E-state index contributed by atoms with van der Waals surface area (Å²) < 4.78 is 0. The molecule has 3 aromatic rings. The van der Waals surface area contributed by atoms with Gasteiger partial charge >= 0.3 is 0 Å². The fourth-order valence-electron chi connectivity index (χ4n) is 5.63. The van der Waals surface area contributed by atoms with E-state index in [9.17, 15) is 4.79 Å². The molecule has 0 unspecified atom stereocenters. The number of likely N-dealkylation sites (tertiary alicyclic amines) is 1. The van der Waals surface area contributed by atoms with Crippen molar-refractivity contribution in [2.75, 3.05) is 26.2 Å². The summed E-state index contributed by atoms with van der Waals surface area (Å²) in [5.41, 5.74) is 7.86. The van der Waals surface area contributed by atoms with Gasteiger partial charge in [0.15, 0.2) is 0 Å². The van der Waals surface area contributed by atoms with Crippen LogP contribution in [-0.2, 0) is 6.54 Å². The zero-order valence-electron chi connectivity index (χ0n) is 17.1. The monoisotopic (exact) mass is 394 g/mol. The van der Waals surface area contributed by atoms with Crippen molar-refractivity contribution in [1.29, 1.82) is 0 Å². The summed E-state index contributed by atoms with van der Waals surface area (Å²) in [5.74, 6) is 1.32. The second kappa shape index (κ2) is 7.10. The lowest BCUT2D eigenvalue weighted by Gasteiger charge is -2.41. The van der Waals surface area contributed by atoms with Gasteiger partial charge in [-0.1, -0.05) is 66.7 Å². The Balaban J connectivity index is 1.06. The molecule has 150 valence electrons. The number of rotatable bonds is 5. The van der Waals surface area contributed by atoms with Gasteiger partial charge < -0.3 is 9.80 Å². The fourth-order valence-corrected chi connectivity index (χ4v) is 5.63. The zero-order valence-corrected chi connectivity index (χ0v) is 17.1. The molecule has 2 heterocycles. The summed E-state index contributed by atoms with van der Waals surface area (Å²) in [5, 5.41) is 0. The molecule has 1 fully saturated rings. The van der Waals surface area contributed by atoms with Gasteiger partial charge in [0.05, 0.1) is 0 Å². The molecule has 1 saturated heterocycles. The van der Waals surface area contributed by atoms with Crippen LogP contribution in [0.4, 0.5) is 0 Å². The Bertz CT molecular complexity index is 1070. The van der Waals surface area contributed by atoms with Crippen LogP contribution in [0.5, 0.6) is 0 Å². The minimum absolute atomic E-state index is 0.211. The third kappa shape index (κ3) is 2.88. The van der Waals surface area contributed by atoms with E-state index < -0.39 is 0 Å². The van der Waals surface area contributed by atoms with Crippen molar-refractivity contribution in [1.82, 2.24) is 9.80 Å². The van der Waals surface area contributed by atoms with Crippen molar-refractivity contribution >= 4 is 5.91 Å². The van der Waals surface area contributed by atoms with E-state index in [1.54, 1.807) is 0 Å². The van der Waals surface area contributed by atoms with Crippen LogP contribution in [0.3, 0.4) is 0 Å². The van der Waals surface area contributed by atoms with Crippen LogP contribution in [-0.4, -0.2) is 41.9 Å². The summed E-state index contributed by atoms with van der Waals surface area (Å²) >= 11 is 0. The number of fused-ring (bicyclic) bond motifs is 4. The highest BCUT2D eigenvalue weighted by Crippen LogP contribution is 2.46. The molecule has 2 aliphatic heterocycles. The number of carbonyl (C=O) groups excluding carboxylic acids is 1. The molecule has 30 heavy (non-hydrogen) atoms. The Morgan fingerprint density at radius 2 is 1.37 bits per heavy atom. The average Bonchev–Trinajstić information content (AvgIpc) is 3.25. The molecule has 0 bridgehead atoms. The van der Waals surface area contributed by atoms with Gasteiger partial charge in [0, 0.05) is 43.6 Å². The Morgan fingerprint density at radius 1 is 0.767 bits per heavy atom. The summed E-state index contributed by atoms with van der Waals surface area (Å²) in [7, 11) is 0. The molecule has 0 aromatic heterocycles. The Kier molecular flexibility index (Phi) is 4.24. The first-order valence-electron chi connectivity index (χ1n) is 11.1. The Labute approximate surface area is 177 Å². The number of amides is 1. The maximum Gasteiger partial charge on any atom is 0.254 e. The van der Waals surface area contributed by atoms with Crippen molar-refractivity contribution in [3.05, 3.63) is 95.1 Å². The lowest BCUT2D eigenvalue weighted by atomic mass is 9.91. The highest BCUT2D eigenvalue weighted by Gasteiger charge is 2.34. The van der Waals surface area contributed by atoms with Gasteiger partial charge in [-0.05, 0) is 46.8 Å². The van der Waals surface area contributed by atoms with Crippen molar-refractivity contribution in [3.63, 3.8) is 0 Å². The number of benzene rings is 3. The highest BCUT2D eigenvalue weighted by molar-refractivity contribution is 5.98. The van der Waals surface area contributed by atoms with Crippen LogP contribution in [0.1, 0.15) is 39.4 Å². The molecule has 0 spiro atoms. The predicted molar refractivity (Wildman–Crippen MR) is 119 cm³/mol. The van der Waals surface area contributed by atoms with Crippen LogP contribution < -0.4 is 0 Å². The lowest BCUT2D eigenvalue weighted by Crippen LogP contribution is -2.51. The molecule has 1 amide bonds. The van der Waals surface area contributed by atoms with Gasteiger partial charge in [-0.15, -0.1) is 0 Å². The first kappa shape index (κ1) is 17.9. The molecule has 3 heteroatoms. The van der Waals surface area contributed by atoms with Gasteiger partial charge in [-0.3, -0.25) is 4.79 Å². The van der Waals surface area contributed by atoms with Crippen molar-refractivity contribution in [3.8, 4) is 11.1 Å². The van der Waals surface area contributed by atoms with E-state index in [0.29, 0.717) is 11.8 Å². The third-order valence-corrected chi connectivity index (χ3v) is 7.10. The molecular formula is C27H26N2O. The summed E-state index contributed by atoms with van der Waals surface area (Å²) in [6.45, 7) is 5.00. The van der Waals surface area contributed by atoms with Crippen molar-refractivity contribution in [2.45, 2.75) is 18.9 Å². The highest BCUT2D eigenvalue weighted by atomic mass is 16.2. The van der Waals surface area contributed by atoms with Crippen LogP contribution in [0.25, 0.3) is 11.1 Å². The van der Waals surface area contributed by atoms with Gasteiger partial charge in [0.2, 0.25) is 0 Å². The largest absolute Gasteiger partial charge is 0.334 e. The molecule has 6 rings (SSSR count). The topological polar surface area (TPSA) is 23.6 Å². The quantitative estimate of drug-likeness (QED) is 0.622. The first-order valence-corrected chi connectivity index (χ1v) is 11.1. The minimum atomic E-state index is 0.211. The molecule has 3 aliphatic rings. The number of hydrogen-bond acceptors (Lipinski definition) is 2. The summed E-state index contributed by atoms with van der Waals surface area (Å²) in [6, 6.07) is 25.8. The molecule has 3 aromatic carbocycles. The molecule has 3 nitrogen and oxygen atoms in total. The fraction of sp³-hybridized carbons (Fsp3) is 0.296. The van der Waals surface area contributed by atoms with Crippen LogP contribution in [0.2, 0.25) is 0 Å². The molecule has 0 saturated carbocycles. The maximum absolute atomic E-state index is 12.6. The van der Waals surface area contributed by atoms with Crippen LogP contribution in [0.15, 0.2) is 72.8 Å². The smallest absolute Gasteiger partial charge is 0.254 e. The summed E-state index contributed by atoms with van der Waals surface area (Å²) in [6.07, 6.45) is 1.16. The van der Waals surface area contributed by atoms with Gasteiger partial charge in [0.1, 0.15) is 0 Å². The molecule has 0 N–H and O–H groups in total. The molecule has 1 aliphatic carbocycles. The minimum Gasteiger partial charge on any atom is -0.334 e. The van der Waals surface area contributed by atoms with Gasteiger partial charge in [-0.2, -0.15) is 0 Å². The van der Waals surface area contributed by atoms with Crippen molar-refractivity contribution in [2.24, 2.45) is 5.92 Å². The summed E-state index contributed by atoms with van der Waals surface area (Å²) in [4.78, 5) is 17.2. The molecular weight excluding hydrogens is 368 g/mol. The van der Waals surface area contributed by atoms with E-state index in [2.05, 4.69) is 59.5 Å². The van der Waals surface area contributed by atoms with Crippen LogP contribution >= 0.6 is 0 Å². The first-order chi connectivity index (χ1) is 14.8. The maximum atomic E-state index is 12.6. The number of carbonyl (C=O) groups is 1. The van der Waals surface area contributed by atoms with E-state index in [4.69, 9.17) is 0 Å². The van der Waals surface area contributed by atoms with E-state index in [1.807, 2.05) is 23.1 Å². The van der Waals surface area contributed by atoms with Crippen LogP contribution in [0, 0.1) is 5.92 Å². The Morgan fingerprint density at radius 3 is 2.03 bits per heavy atom. The second-order valence-electron chi connectivity index (χ2n) is 8.98. The third-order valence-electron chi connectivity index (χ3n) is 7.10. The van der Waals surface area contributed by atoms with E-state index in [-0.39, 0.29) is 5.91 Å². The normalized spacial score (nSPS) is 18.3. The number of nitrogens with zero attached hydrogens (tertiary/aromatic N) is 2. The van der Waals surface area contributed by atoms with E-state index in [1.165, 1.54) is 27.8 Å².